The fraction of sp³-hybridized carbons (Fsp3) is 0.857. The molecule has 0 amide bonds. The monoisotopic (exact) mass is 396 g/mol. The maximum Gasteiger partial charge on any atom is 0.174 e. The van der Waals surface area contributed by atoms with Gasteiger partial charge in [-0.25, -0.2) is 0 Å². The van der Waals surface area contributed by atoms with E-state index in [1.54, 1.807) is 34.6 Å². The molecule has 9 atom stereocenters. The zero-order chi connectivity index (χ0) is 21.0. The van der Waals surface area contributed by atoms with Gasteiger partial charge in [-0.2, -0.15) is 0 Å². The standard InChI is InChI=1S/C21H32O7/c1-9-11(22)7-21(27)10(2)16-19(5,12(23)6-13-20(16,26)8-28-13)17(25)15(24)14(9)18(21,3)4/h10-13,15-16,22-24,26-27H,6-8H2,1-5H3/t10?,11-,12-,13+,15+,16?,19+,20-,21+/m0/s1. The molecule has 0 aromatic carbocycles. The average Bonchev–Trinajstić information content (AvgIpc) is 2.60. The highest BCUT2D eigenvalue weighted by Gasteiger charge is 2.73. The summed E-state index contributed by atoms with van der Waals surface area (Å²) in [5.41, 5.74) is -4.54. The third kappa shape index (κ3) is 2.03. The Bertz CT molecular complexity index is 760. The lowest BCUT2D eigenvalue weighted by Crippen LogP contribution is -2.78. The maximum atomic E-state index is 13.6. The second kappa shape index (κ2) is 5.65. The van der Waals surface area contributed by atoms with Crippen molar-refractivity contribution in [3.63, 3.8) is 0 Å². The van der Waals surface area contributed by atoms with Gasteiger partial charge in [-0.1, -0.05) is 20.8 Å². The van der Waals surface area contributed by atoms with Gasteiger partial charge in [0.05, 0.1) is 35.9 Å². The highest BCUT2D eigenvalue weighted by atomic mass is 16.6. The highest BCUT2D eigenvalue weighted by Crippen LogP contribution is 2.64. The Morgan fingerprint density at radius 3 is 2.25 bits per heavy atom. The van der Waals surface area contributed by atoms with Crippen LogP contribution in [0.3, 0.4) is 0 Å². The van der Waals surface area contributed by atoms with Gasteiger partial charge in [-0.3, -0.25) is 4.79 Å². The SMILES string of the molecule is CC1=C2[C@@H](O)C(=O)[C@@]3(C)C(C(C)[C@](O)(C[C@@H]1O)C2(C)C)[C@]1(O)CO[C@@H]1C[C@@H]3O. The summed E-state index contributed by atoms with van der Waals surface area (Å²) in [6.45, 7) is 8.58. The second-order valence-electron chi connectivity index (χ2n) is 10.2. The van der Waals surface area contributed by atoms with Gasteiger partial charge in [-0.15, -0.1) is 0 Å². The smallest absolute Gasteiger partial charge is 0.174 e. The van der Waals surface area contributed by atoms with Crippen molar-refractivity contribution in [1.82, 2.24) is 0 Å². The molecule has 1 heterocycles. The maximum absolute atomic E-state index is 13.6. The van der Waals surface area contributed by atoms with Crippen molar-refractivity contribution in [2.45, 2.75) is 83.1 Å². The summed E-state index contributed by atoms with van der Waals surface area (Å²) in [7, 11) is 0. The molecule has 7 heteroatoms. The van der Waals surface area contributed by atoms with Crippen molar-refractivity contribution < 1.29 is 35.1 Å². The van der Waals surface area contributed by atoms with Gasteiger partial charge < -0.3 is 30.3 Å². The minimum Gasteiger partial charge on any atom is -0.392 e. The van der Waals surface area contributed by atoms with Gasteiger partial charge in [-0.05, 0) is 30.9 Å². The van der Waals surface area contributed by atoms with Gasteiger partial charge >= 0.3 is 0 Å². The third-order valence-electron chi connectivity index (χ3n) is 8.88. The van der Waals surface area contributed by atoms with Crippen LogP contribution in [0, 0.1) is 22.7 Å². The molecule has 2 saturated carbocycles. The Labute approximate surface area is 165 Å². The number of hydrogen-bond acceptors (Lipinski definition) is 7. The Kier molecular flexibility index (Phi) is 4.13. The van der Waals surface area contributed by atoms with E-state index >= 15 is 0 Å². The summed E-state index contributed by atoms with van der Waals surface area (Å²) in [5.74, 6) is -2.05. The number of rotatable bonds is 0. The number of aliphatic hydroxyl groups excluding tert-OH is 3. The van der Waals surface area contributed by atoms with Gasteiger partial charge in [0, 0.05) is 24.2 Å². The van der Waals surface area contributed by atoms with Gasteiger partial charge in [0.1, 0.15) is 11.7 Å². The molecule has 0 aromatic heterocycles. The quantitative estimate of drug-likeness (QED) is 0.363. The molecule has 0 spiro atoms. The lowest BCUT2D eigenvalue weighted by Gasteiger charge is -2.67. The molecule has 3 aliphatic carbocycles. The van der Waals surface area contributed by atoms with Crippen LogP contribution in [0.1, 0.15) is 47.5 Å². The van der Waals surface area contributed by atoms with Gasteiger partial charge in [0.15, 0.2) is 5.78 Å². The van der Waals surface area contributed by atoms with E-state index in [4.69, 9.17) is 4.74 Å². The van der Waals surface area contributed by atoms with Crippen molar-refractivity contribution in [2.75, 3.05) is 6.61 Å². The predicted octanol–water partition coefficient (Wildman–Crippen LogP) is -0.0785. The molecule has 4 aliphatic rings. The number of aliphatic hydroxyl groups is 5. The first-order chi connectivity index (χ1) is 12.7. The van der Waals surface area contributed by atoms with E-state index in [-0.39, 0.29) is 19.4 Å². The number of ketones is 1. The van der Waals surface area contributed by atoms with Crippen LogP contribution in [0.15, 0.2) is 11.1 Å². The Balaban J connectivity index is 2.01. The van der Waals surface area contributed by atoms with Crippen LogP contribution < -0.4 is 0 Å². The summed E-state index contributed by atoms with van der Waals surface area (Å²) in [6.07, 6.45) is -4.20. The molecular weight excluding hydrogens is 364 g/mol. The van der Waals surface area contributed by atoms with E-state index in [1.807, 2.05) is 0 Å². The van der Waals surface area contributed by atoms with Crippen LogP contribution >= 0.6 is 0 Å². The third-order valence-corrected chi connectivity index (χ3v) is 8.88. The van der Waals surface area contributed by atoms with Crippen LogP contribution in [0.2, 0.25) is 0 Å². The molecule has 3 fully saturated rings. The largest absolute Gasteiger partial charge is 0.392 e. The Morgan fingerprint density at radius 2 is 1.71 bits per heavy atom. The van der Waals surface area contributed by atoms with Crippen LogP contribution in [0.5, 0.6) is 0 Å². The zero-order valence-corrected chi connectivity index (χ0v) is 17.1. The summed E-state index contributed by atoms with van der Waals surface area (Å²) in [4.78, 5) is 13.6. The van der Waals surface area contributed by atoms with E-state index < -0.39 is 64.1 Å². The van der Waals surface area contributed by atoms with Crippen LogP contribution in [-0.4, -0.2) is 73.5 Å². The van der Waals surface area contributed by atoms with Crippen molar-refractivity contribution in [3.05, 3.63) is 11.1 Å². The molecule has 0 aromatic rings. The van der Waals surface area contributed by atoms with Crippen molar-refractivity contribution in [3.8, 4) is 0 Å². The normalized spacial score (nSPS) is 55.6. The molecule has 7 nitrogen and oxygen atoms in total. The number of carbonyl (C=O) groups is 1. The second-order valence-corrected chi connectivity index (χ2v) is 10.2. The van der Waals surface area contributed by atoms with Crippen molar-refractivity contribution in [2.24, 2.45) is 22.7 Å². The number of ether oxygens (including phenoxy) is 1. The molecule has 28 heavy (non-hydrogen) atoms. The number of Topliss-reactive ketones (excluding diaryl/α,β-unsaturated/α-hetero) is 1. The minimum atomic E-state index is -1.58. The Morgan fingerprint density at radius 1 is 1.11 bits per heavy atom. The van der Waals surface area contributed by atoms with Crippen LogP contribution in [0.4, 0.5) is 0 Å². The molecule has 1 saturated heterocycles. The minimum absolute atomic E-state index is 0.0130. The molecule has 5 N–H and O–H groups in total. The fourth-order valence-corrected chi connectivity index (χ4v) is 7.00. The predicted molar refractivity (Wildman–Crippen MR) is 99.1 cm³/mol. The van der Waals surface area contributed by atoms with Crippen molar-refractivity contribution in [1.29, 1.82) is 0 Å². The summed E-state index contributed by atoms with van der Waals surface area (Å²) >= 11 is 0. The summed E-state index contributed by atoms with van der Waals surface area (Å²) < 4.78 is 5.49. The molecule has 4 rings (SSSR count). The van der Waals surface area contributed by atoms with E-state index in [2.05, 4.69) is 0 Å². The van der Waals surface area contributed by atoms with Crippen LogP contribution in [0.25, 0.3) is 0 Å². The van der Waals surface area contributed by atoms with Gasteiger partial charge in [0.2, 0.25) is 0 Å². The van der Waals surface area contributed by atoms with Gasteiger partial charge in [0.25, 0.3) is 0 Å². The van der Waals surface area contributed by atoms with E-state index in [0.717, 1.165) is 0 Å². The molecule has 158 valence electrons. The van der Waals surface area contributed by atoms with E-state index in [1.165, 1.54) is 0 Å². The average molecular weight is 396 g/mol. The lowest BCUT2D eigenvalue weighted by atomic mass is 9.43. The lowest BCUT2D eigenvalue weighted by molar-refractivity contribution is -0.335. The van der Waals surface area contributed by atoms with Crippen molar-refractivity contribution >= 4 is 5.78 Å². The highest BCUT2D eigenvalue weighted by molar-refractivity contribution is 5.93. The first kappa shape index (κ1) is 20.4. The van der Waals surface area contributed by atoms with E-state index in [9.17, 15) is 30.3 Å². The molecule has 2 bridgehead atoms. The molecule has 1 aliphatic heterocycles. The zero-order valence-electron chi connectivity index (χ0n) is 17.1. The topological polar surface area (TPSA) is 127 Å². The first-order valence-electron chi connectivity index (χ1n) is 10.1. The Hall–Kier alpha value is -0.830. The first-order valence-corrected chi connectivity index (χ1v) is 10.1. The fourth-order valence-electron chi connectivity index (χ4n) is 7.00. The summed E-state index contributed by atoms with van der Waals surface area (Å²) in [6, 6.07) is 0. The van der Waals surface area contributed by atoms with E-state index in [0.29, 0.717) is 11.1 Å². The summed E-state index contributed by atoms with van der Waals surface area (Å²) in [5, 5.41) is 56.1. The molecule has 2 unspecified atom stereocenters. The number of fused-ring (bicyclic) bond motifs is 5. The molecular formula is C21H32O7. The number of hydrogen-bond donors (Lipinski definition) is 5. The number of carbonyl (C=O) groups excluding carboxylic acids is 1. The molecule has 0 radical (unpaired) electrons. The van der Waals surface area contributed by atoms with Crippen LogP contribution in [-0.2, 0) is 9.53 Å².